The van der Waals surface area contributed by atoms with E-state index in [0.29, 0.717) is 6.54 Å². The van der Waals surface area contributed by atoms with E-state index in [-0.39, 0.29) is 11.5 Å². The number of ether oxygens (including phenoxy) is 1. The number of amides is 1. The first kappa shape index (κ1) is 15.7. The van der Waals surface area contributed by atoms with E-state index in [0.717, 1.165) is 30.3 Å². The van der Waals surface area contributed by atoms with Crippen LogP contribution in [0.1, 0.15) is 22.3 Å². The number of benzene rings is 1. The summed E-state index contributed by atoms with van der Waals surface area (Å²) in [5, 5.41) is 0. The standard InChI is InChI=1S/C16H15N3O5/c20-13(19-7-3-5-10-4-1-2-6-12(10)19)9-24-15(22)11-8-17-16(23)18-14(11)21/h1-2,4,6,8H,3,5,7,9H2,(H2,17,18,21,23). The van der Waals surface area contributed by atoms with E-state index in [2.05, 4.69) is 4.98 Å². The van der Waals surface area contributed by atoms with Gasteiger partial charge in [0.2, 0.25) is 0 Å². The molecular weight excluding hydrogens is 314 g/mol. The van der Waals surface area contributed by atoms with Crippen LogP contribution in [0.2, 0.25) is 0 Å². The molecule has 0 spiro atoms. The smallest absolute Gasteiger partial charge is 0.345 e. The van der Waals surface area contributed by atoms with Crippen LogP contribution in [0.3, 0.4) is 0 Å². The number of H-pyrrole nitrogens is 2. The summed E-state index contributed by atoms with van der Waals surface area (Å²) in [6, 6.07) is 7.56. The van der Waals surface area contributed by atoms with Gasteiger partial charge >= 0.3 is 11.7 Å². The molecule has 3 rings (SSSR count). The van der Waals surface area contributed by atoms with Crippen LogP contribution in [0.4, 0.5) is 5.69 Å². The molecule has 1 aliphatic rings. The summed E-state index contributed by atoms with van der Waals surface area (Å²) in [7, 11) is 0. The van der Waals surface area contributed by atoms with Gasteiger partial charge in [0.05, 0.1) is 0 Å². The Labute approximate surface area is 136 Å². The van der Waals surface area contributed by atoms with Crippen molar-refractivity contribution in [1.82, 2.24) is 9.97 Å². The lowest BCUT2D eigenvalue weighted by Crippen LogP contribution is -2.38. The van der Waals surface area contributed by atoms with Gasteiger partial charge in [-0.2, -0.15) is 0 Å². The number of anilines is 1. The van der Waals surface area contributed by atoms with E-state index in [1.54, 1.807) is 4.90 Å². The van der Waals surface area contributed by atoms with Gasteiger partial charge in [-0.05, 0) is 24.5 Å². The van der Waals surface area contributed by atoms with Gasteiger partial charge in [0, 0.05) is 18.4 Å². The monoisotopic (exact) mass is 329 g/mol. The molecule has 0 radical (unpaired) electrons. The Hall–Kier alpha value is -3.16. The number of carbonyl (C=O) groups is 2. The molecule has 0 fully saturated rings. The fourth-order valence-electron chi connectivity index (χ4n) is 2.64. The van der Waals surface area contributed by atoms with Crippen molar-refractivity contribution in [2.24, 2.45) is 0 Å². The predicted octanol–water partition coefficient (Wildman–Crippen LogP) is 0.199. The average Bonchev–Trinajstić information content (AvgIpc) is 2.59. The summed E-state index contributed by atoms with van der Waals surface area (Å²) in [4.78, 5) is 52.3. The number of hydrogen-bond donors (Lipinski definition) is 2. The zero-order chi connectivity index (χ0) is 17.1. The Kier molecular flexibility index (Phi) is 4.28. The van der Waals surface area contributed by atoms with Crippen molar-refractivity contribution >= 4 is 17.6 Å². The van der Waals surface area contributed by atoms with Crippen LogP contribution in [-0.4, -0.2) is 35.0 Å². The lowest BCUT2D eigenvalue weighted by Gasteiger charge is -2.29. The molecule has 2 aromatic rings. The molecule has 0 aliphatic carbocycles. The number of fused-ring (bicyclic) bond motifs is 1. The largest absolute Gasteiger partial charge is 0.452 e. The number of nitrogens with one attached hydrogen (secondary N) is 2. The van der Waals surface area contributed by atoms with Crippen LogP contribution >= 0.6 is 0 Å². The van der Waals surface area contributed by atoms with Gasteiger partial charge in [-0.1, -0.05) is 18.2 Å². The Balaban J connectivity index is 1.69. The number of carbonyl (C=O) groups excluding carboxylic acids is 2. The first-order valence-electron chi connectivity index (χ1n) is 7.43. The van der Waals surface area contributed by atoms with E-state index in [4.69, 9.17) is 4.74 Å². The second-order valence-corrected chi connectivity index (χ2v) is 5.34. The molecule has 0 unspecified atom stereocenters. The molecule has 0 saturated heterocycles. The second-order valence-electron chi connectivity index (χ2n) is 5.34. The number of esters is 1. The average molecular weight is 329 g/mol. The van der Waals surface area contributed by atoms with Gasteiger partial charge in [-0.3, -0.25) is 14.6 Å². The molecule has 1 amide bonds. The van der Waals surface area contributed by atoms with Crippen molar-refractivity contribution in [2.45, 2.75) is 12.8 Å². The van der Waals surface area contributed by atoms with Gasteiger partial charge in [0.25, 0.3) is 11.5 Å². The Morgan fingerprint density at radius 1 is 1.21 bits per heavy atom. The molecule has 8 nitrogen and oxygen atoms in total. The molecule has 2 N–H and O–H groups in total. The maximum atomic E-state index is 12.3. The minimum Gasteiger partial charge on any atom is -0.452 e. The van der Waals surface area contributed by atoms with Crippen LogP contribution < -0.4 is 16.1 Å². The number of para-hydroxylation sites is 1. The highest BCUT2D eigenvalue weighted by molar-refractivity contribution is 5.97. The summed E-state index contributed by atoms with van der Waals surface area (Å²) in [5.41, 5.74) is -0.0642. The third kappa shape index (κ3) is 3.12. The van der Waals surface area contributed by atoms with Crippen molar-refractivity contribution in [2.75, 3.05) is 18.1 Å². The molecule has 0 atom stereocenters. The molecule has 1 aromatic carbocycles. The van der Waals surface area contributed by atoms with Crippen molar-refractivity contribution in [3.63, 3.8) is 0 Å². The number of rotatable bonds is 3. The minimum atomic E-state index is -0.967. The lowest BCUT2D eigenvalue weighted by molar-refractivity contribution is -0.121. The molecule has 1 aromatic heterocycles. The number of nitrogens with zero attached hydrogens (tertiary/aromatic N) is 1. The highest BCUT2D eigenvalue weighted by Gasteiger charge is 2.23. The Morgan fingerprint density at radius 3 is 2.79 bits per heavy atom. The second kappa shape index (κ2) is 6.53. The number of aromatic nitrogens is 2. The maximum Gasteiger partial charge on any atom is 0.345 e. The molecule has 1 aliphatic heterocycles. The normalized spacial score (nSPS) is 13.2. The minimum absolute atomic E-state index is 0.360. The SMILES string of the molecule is O=C(OCC(=O)N1CCCc2ccccc21)c1c[nH]c(=O)[nH]c1=O. The van der Waals surface area contributed by atoms with Crippen LogP contribution in [0, 0.1) is 0 Å². The first-order chi connectivity index (χ1) is 11.6. The van der Waals surface area contributed by atoms with Crippen LogP contribution in [0.5, 0.6) is 0 Å². The van der Waals surface area contributed by atoms with E-state index < -0.39 is 23.8 Å². The topological polar surface area (TPSA) is 112 Å². The third-order valence-electron chi connectivity index (χ3n) is 3.78. The molecule has 124 valence electrons. The van der Waals surface area contributed by atoms with Gasteiger partial charge in [0.15, 0.2) is 6.61 Å². The van der Waals surface area contributed by atoms with Crippen LogP contribution in [0.15, 0.2) is 40.1 Å². The Morgan fingerprint density at radius 2 is 2.00 bits per heavy atom. The van der Waals surface area contributed by atoms with E-state index in [1.165, 1.54) is 0 Å². The van der Waals surface area contributed by atoms with E-state index in [9.17, 15) is 19.2 Å². The summed E-state index contributed by atoms with van der Waals surface area (Å²) in [6.07, 6.45) is 2.69. The fraction of sp³-hybridized carbons (Fsp3) is 0.250. The summed E-state index contributed by atoms with van der Waals surface area (Å²) >= 11 is 0. The number of aromatic amines is 2. The van der Waals surface area contributed by atoms with Crippen molar-refractivity contribution in [3.8, 4) is 0 Å². The van der Waals surface area contributed by atoms with E-state index >= 15 is 0 Å². The van der Waals surface area contributed by atoms with Gasteiger partial charge in [0.1, 0.15) is 5.56 Å². The predicted molar refractivity (Wildman–Crippen MR) is 85.1 cm³/mol. The molecule has 2 heterocycles. The summed E-state index contributed by atoms with van der Waals surface area (Å²) in [5.74, 6) is -1.33. The van der Waals surface area contributed by atoms with Crippen molar-refractivity contribution in [1.29, 1.82) is 0 Å². The van der Waals surface area contributed by atoms with Crippen LogP contribution in [-0.2, 0) is 16.0 Å². The summed E-state index contributed by atoms with van der Waals surface area (Å²) < 4.78 is 4.91. The van der Waals surface area contributed by atoms with E-state index in [1.807, 2.05) is 29.2 Å². The van der Waals surface area contributed by atoms with Gasteiger partial charge in [-0.25, -0.2) is 9.59 Å². The first-order valence-corrected chi connectivity index (χ1v) is 7.43. The highest BCUT2D eigenvalue weighted by atomic mass is 16.5. The summed E-state index contributed by atoms with van der Waals surface area (Å²) in [6.45, 7) is 0.0678. The van der Waals surface area contributed by atoms with Gasteiger partial charge in [-0.15, -0.1) is 0 Å². The van der Waals surface area contributed by atoms with Crippen molar-refractivity contribution < 1.29 is 14.3 Å². The van der Waals surface area contributed by atoms with Gasteiger partial charge < -0.3 is 14.6 Å². The molecule has 8 heteroatoms. The van der Waals surface area contributed by atoms with Crippen LogP contribution in [0.25, 0.3) is 0 Å². The quantitative estimate of drug-likeness (QED) is 0.781. The molecular formula is C16H15N3O5. The number of hydrogen-bond acceptors (Lipinski definition) is 5. The number of aryl methyl sites for hydroxylation is 1. The maximum absolute atomic E-state index is 12.3. The fourth-order valence-corrected chi connectivity index (χ4v) is 2.64. The Bertz CT molecular complexity index is 899. The molecule has 24 heavy (non-hydrogen) atoms. The lowest BCUT2D eigenvalue weighted by atomic mass is 10.0. The van der Waals surface area contributed by atoms with Crippen molar-refractivity contribution in [3.05, 3.63) is 62.4 Å². The molecule has 0 saturated carbocycles. The third-order valence-corrected chi connectivity index (χ3v) is 3.78. The highest BCUT2D eigenvalue weighted by Crippen LogP contribution is 2.26. The zero-order valence-electron chi connectivity index (χ0n) is 12.7. The zero-order valence-corrected chi connectivity index (χ0v) is 12.7. The molecule has 0 bridgehead atoms.